The number of hydrogen-bond donors (Lipinski definition) is 1. The Kier molecular flexibility index (Phi) is 5.46. The predicted octanol–water partition coefficient (Wildman–Crippen LogP) is 6.81. The van der Waals surface area contributed by atoms with Gasteiger partial charge in [0.1, 0.15) is 11.1 Å². The van der Waals surface area contributed by atoms with Gasteiger partial charge in [-0.25, -0.2) is 0 Å². The zero-order chi connectivity index (χ0) is 20.5. The van der Waals surface area contributed by atoms with Gasteiger partial charge in [-0.05, 0) is 66.7 Å². The molecule has 1 N–H and O–H groups in total. The lowest BCUT2D eigenvalue weighted by atomic mass is 9.91. The molecular weight excluding hydrogens is 433 g/mol. The fourth-order valence-electron chi connectivity index (χ4n) is 3.10. The van der Waals surface area contributed by atoms with Gasteiger partial charge >= 0.3 is 0 Å². The van der Waals surface area contributed by atoms with Crippen LogP contribution >= 0.6 is 34.8 Å². The number of carbonyl (C=O) groups excluding carboxylic acids is 1. The molecular formula is C21H14Cl3N3O2. The average molecular weight is 447 g/mol. The maximum absolute atomic E-state index is 12.4. The number of β-lactam (4-membered cyclic amide) rings is 1. The summed E-state index contributed by atoms with van der Waals surface area (Å²) >= 11 is 18.1. The lowest BCUT2D eigenvalue weighted by Gasteiger charge is -2.44. The van der Waals surface area contributed by atoms with Gasteiger partial charge in [0.2, 0.25) is 5.91 Å². The number of nitrogens with zero attached hydrogens (tertiary/aromatic N) is 3. The van der Waals surface area contributed by atoms with Crippen LogP contribution in [0.3, 0.4) is 0 Å². The molecule has 1 amide bonds. The van der Waals surface area contributed by atoms with Crippen molar-refractivity contribution in [2.45, 2.75) is 11.4 Å². The Morgan fingerprint density at radius 3 is 2.03 bits per heavy atom. The molecule has 2 atom stereocenters. The van der Waals surface area contributed by atoms with Crippen molar-refractivity contribution < 1.29 is 9.90 Å². The van der Waals surface area contributed by atoms with Crippen molar-refractivity contribution in [3.8, 4) is 5.75 Å². The number of phenolic OH excluding ortho intramolecular Hbond substituents is 1. The Morgan fingerprint density at radius 2 is 1.38 bits per heavy atom. The molecule has 8 heteroatoms. The third-order valence-corrected chi connectivity index (χ3v) is 5.50. The molecule has 1 fully saturated rings. The highest BCUT2D eigenvalue weighted by Crippen LogP contribution is 2.46. The van der Waals surface area contributed by atoms with Gasteiger partial charge in [0.05, 0.1) is 17.4 Å². The van der Waals surface area contributed by atoms with Gasteiger partial charge in [-0.2, -0.15) is 10.2 Å². The molecule has 3 aromatic carbocycles. The highest BCUT2D eigenvalue weighted by Gasteiger charge is 2.49. The van der Waals surface area contributed by atoms with Crippen LogP contribution in [0.4, 0.5) is 17.1 Å². The molecule has 0 saturated carbocycles. The van der Waals surface area contributed by atoms with Crippen molar-refractivity contribution in [3.05, 3.63) is 82.3 Å². The van der Waals surface area contributed by atoms with Crippen LogP contribution < -0.4 is 4.90 Å². The van der Waals surface area contributed by atoms with E-state index in [9.17, 15) is 9.90 Å². The highest BCUT2D eigenvalue weighted by molar-refractivity contribution is 6.37. The summed E-state index contributed by atoms with van der Waals surface area (Å²) in [5.41, 5.74) is 2.30. The van der Waals surface area contributed by atoms with E-state index in [-0.39, 0.29) is 11.7 Å². The monoisotopic (exact) mass is 445 g/mol. The van der Waals surface area contributed by atoms with Gasteiger partial charge in [-0.15, -0.1) is 11.6 Å². The first-order chi connectivity index (χ1) is 13.9. The molecule has 4 rings (SSSR count). The van der Waals surface area contributed by atoms with E-state index in [1.54, 1.807) is 60.7 Å². The first-order valence-corrected chi connectivity index (χ1v) is 9.86. The summed E-state index contributed by atoms with van der Waals surface area (Å²) in [5.74, 6) is -0.218. The van der Waals surface area contributed by atoms with Crippen LogP contribution in [0.1, 0.15) is 11.6 Å². The fourth-order valence-corrected chi connectivity index (χ4v) is 3.71. The number of carbonyl (C=O) groups is 1. The van der Waals surface area contributed by atoms with E-state index in [2.05, 4.69) is 10.2 Å². The summed E-state index contributed by atoms with van der Waals surface area (Å²) in [7, 11) is 0. The van der Waals surface area contributed by atoms with Gasteiger partial charge in [-0.3, -0.25) is 4.79 Å². The fraction of sp³-hybridized carbons (Fsp3) is 0.0952. The van der Waals surface area contributed by atoms with Gasteiger partial charge in [0.25, 0.3) is 0 Å². The largest absolute Gasteiger partial charge is 0.508 e. The minimum atomic E-state index is -0.792. The van der Waals surface area contributed by atoms with Crippen LogP contribution in [-0.4, -0.2) is 16.4 Å². The van der Waals surface area contributed by atoms with Crippen molar-refractivity contribution in [2.75, 3.05) is 4.90 Å². The Balaban J connectivity index is 1.65. The minimum absolute atomic E-state index is 0.0255. The number of halogens is 3. The summed E-state index contributed by atoms with van der Waals surface area (Å²) in [5, 5.41) is 19.2. The Labute approximate surface area is 182 Å². The van der Waals surface area contributed by atoms with E-state index in [0.717, 1.165) is 0 Å². The van der Waals surface area contributed by atoms with E-state index < -0.39 is 11.4 Å². The maximum atomic E-state index is 12.4. The minimum Gasteiger partial charge on any atom is -0.508 e. The van der Waals surface area contributed by atoms with Crippen LogP contribution in [0.2, 0.25) is 10.0 Å². The number of alkyl halides is 1. The van der Waals surface area contributed by atoms with E-state index in [4.69, 9.17) is 34.8 Å². The second-order valence-corrected chi connectivity index (χ2v) is 7.79. The number of hydrogen-bond acceptors (Lipinski definition) is 4. The number of benzene rings is 3. The predicted molar refractivity (Wildman–Crippen MR) is 115 cm³/mol. The van der Waals surface area contributed by atoms with Crippen LogP contribution in [0.5, 0.6) is 5.75 Å². The van der Waals surface area contributed by atoms with Crippen molar-refractivity contribution in [1.82, 2.24) is 0 Å². The molecule has 0 radical (unpaired) electrons. The van der Waals surface area contributed by atoms with E-state index in [1.807, 2.05) is 0 Å². The van der Waals surface area contributed by atoms with E-state index in [1.165, 1.54) is 11.0 Å². The number of phenols is 1. The molecule has 1 heterocycles. The van der Waals surface area contributed by atoms with Gasteiger partial charge < -0.3 is 10.0 Å². The molecule has 2 unspecified atom stereocenters. The second kappa shape index (κ2) is 8.03. The summed E-state index contributed by atoms with van der Waals surface area (Å²) in [4.78, 5) is 13.9. The summed E-state index contributed by atoms with van der Waals surface area (Å²) in [6, 6.07) is 18.1. The van der Waals surface area contributed by atoms with Gasteiger partial charge in [0, 0.05) is 21.3 Å². The summed E-state index contributed by atoms with van der Waals surface area (Å²) < 4.78 is 0. The van der Waals surface area contributed by atoms with E-state index in [0.29, 0.717) is 32.7 Å². The summed E-state index contributed by atoms with van der Waals surface area (Å²) in [6.45, 7) is 0. The lowest BCUT2D eigenvalue weighted by molar-refractivity contribution is -0.123. The zero-order valence-electron chi connectivity index (χ0n) is 14.8. The standard InChI is InChI=1S/C21H14Cl3N3O2/c22-12-1-5-14(6-2-12)25-26-15-7-10-18(28)17(11-15)20-19(24)21(29)27(20)16-8-3-13(23)4-9-16/h1-11,19-20,28H. The molecule has 0 aromatic heterocycles. The Hall–Kier alpha value is -2.60. The number of azo groups is 1. The first-order valence-electron chi connectivity index (χ1n) is 8.67. The molecule has 1 aliphatic rings. The van der Waals surface area contributed by atoms with Gasteiger partial charge in [-0.1, -0.05) is 23.2 Å². The van der Waals surface area contributed by atoms with E-state index >= 15 is 0 Å². The summed E-state index contributed by atoms with van der Waals surface area (Å²) in [6.07, 6.45) is 0. The van der Waals surface area contributed by atoms with Crippen molar-refractivity contribution >= 4 is 57.8 Å². The Morgan fingerprint density at radius 1 is 0.828 bits per heavy atom. The van der Waals surface area contributed by atoms with Crippen LogP contribution in [0.15, 0.2) is 77.0 Å². The van der Waals surface area contributed by atoms with Gasteiger partial charge in [0.15, 0.2) is 0 Å². The average Bonchev–Trinajstić information content (AvgIpc) is 2.73. The third-order valence-electron chi connectivity index (χ3n) is 4.57. The van der Waals surface area contributed by atoms with Crippen LogP contribution in [0.25, 0.3) is 0 Å². The molecule has 1 saturated heterocycles. The van der Waals surface area contributed by atoms with Crippen molar-refractivity contribution in [3.63, 3.8) is 0 Å². The number of rotatable bonds is 4. The number of anilines is 1. The normalized spacial score (nSPS) is 18.9. The molecule has 5 nitrogen and oxygen atoms in total. The number of aromatic hydroxyl groups is 1. The molecule has 29 heavy (non-hydrogen) atoms. The van der Waals surface area contributed by atoms with Crippen molar-refractivity contribution in [1.29, 1.82) is 0 Å². The van der Waals surface area contributed by atoms with Crippen LogP contribution in [0, 0.1) is 0 Å². The van der Waals surface area contributed by atoms with Crippen molar-refractivity contribution in [2.24, 2.45) is 10.2 Å². The third kappa shape index (κ3) is 3.94. The molecule has 0 bridgehead atoms. The molecule has 1 aliphatic heterocycles. The topological polar surface area (TPSA) is 65.3 Å². The van der Waals surface area contributed by atoms with Crippen LogP contribution in [-0.2, 0) is 4.79 Å². The Bertz CT molecular complexity index is 1090. The first kappa shape index (κ1) is 19.7. The molecule has 146 valence electrons. The quantitative estimate of drug-likeness (QED) is 0.272. The zero-order valence-corrected chi connectivity index (χ0v) is 17.1. The maximum Gasteiger partial charge on any atom is 0.248 e. The number of amides is 1. The molecule has 0 aliphatic carbocycles. The second-order valence-electron chi connectivity index (χ2n) is 6.45. The molecule has 0 spiro atoms. The molecule has 3 aromatic rings. The SMILES string of the molecule is O=C1C(Cl)C(c2cc(N=Nc3ccc(Cl)cc3)ccc2O)N1c1ccc(Cl)cc1. The smallest absolute Gasteiger partial charge is 0.248 e. The lowest BCUT2D eigenvalue weighted by Crippen LogP contribution is -2.56. The highest BCUT2D eigenvalue weighted by atomic mass is 35.5.